The van der Waals surface area contributed by atoms with E-state index in [1.807, 2.05) is 6.92 Å². The standard InChI is InChI=1S/C9H13NO3S/c1-5-10-4-6(14-5)9(2,3)7(11)8(12)13/h4,7,11H,1-3H3,(H,12,13). The van der Waals surface area contributed by atoms with Crippen molar-refractivity contribution >= 4 is 17.3 Å². The third-order valence-electron chi connectivity index (χ3n) is 2.17. The molecule has 0 bridgehead atoms. The van der Waals surface area contributed by atoms with Gasteiger partial charge < -0.3 is 10.2 Å². The summed E-state index contributed by atoms with van der Waals surface area (Å²) >= 11 is 1.41. The highest BCUT2D eigenvalue weighted by molar-refractivity contribution is 7.11. The van der Waals surface area contributed by atoms with Crippen LogP contribution in [0.25, 0.3) is 0 Å². The van der Waals surface area contributed by atoms with Gasteiger partial charge in [-0.2, -0.15) is 0 Å². The molecule has 1 aromatic rings. The molecule has 0 spiro atoms. The van der Waals surface area contributed by atoms with Crippen molar-refractivity contribution in [2.75, 3.05) is 0 Å². The average Bonchev–Trinajstić information content (AvgIpc) is 2.50. The fourth-order valence-corrected chi connectivity index (χ4v) is 2.01. The van der Waals surface area contributed by atoms with Crippen LogP contribution in [0.1, 0.15) is 23.7 Å². The first-order valence-electron chi connectivity index (χ1n) is 4.19. The molecule has 0 radical (unpaired) electrons. The molecule has 1 unspecified atom stereocenters. The summed E-state index contributed by atoms with van der Waals surface area (Å²) in [6.45, 7) is 5.23. The molecule has 1 heterocycles. The van der Waals surface area contributed by atoms with E-state index in [2.05, 4.69) is 4.98 Å². The summed E-state index contributed by atoms with van der Waals surface area (Å²) in [4.78, 5) is 15.5. The number of aliphatic hydroxyl groups excluding tert-OH is 1. The van der Waals surface area contributed by atoms with Gasteiger partial charge in [-0.25, -0.2) is 9.78 Å². The van der Waals surface area contributed by atoms with Gasteiger partial charge in [0, 0.05) is 16.5 Å². The number of aliphatic hydroxyl groups is 1. The zero-order valence-electron chi connectivity index (χ0n) is 8.31. The summed E-state index contributed by atoms with van der Waals surface area (Å²) < 4.78 is 0. The molecule has 2 N–H and O–H groups in total. The van der Waals surface area contributed by atoms with Gasteiger partial charge in [-0.3, -0.25) is 0 Å². The Kier molecular flexibility index (Phi) is 2.92. The van der Waals surface area contributed by atoms with Crippen molar-refractivity contribution in [3.63, 3.8) is 0 Å². The van der Waals surface area contributed by atoms with Gasteiger partial charge in [0.15, 0.2) is 6.10 Å². The smallest absolute Gasteiger partial charge is 0.333 e. The van der Waals surface area contributed by atoms with E-state index >= 15 is 0 Å². The van der Waals surface area contributed by atoms with Crippen LogP contribution in [0.2, 0.25) is 0 Å². The van der Waals surface area contributed by atoms with Crippen molar-refractivity contribution in [3.05, 3.63) is 16.1 Å². The van der Waals surface area contributed by atoms with Crippen LogP contribution in [0, 0.1) is 6.92 Å². The van der Waals surface area contributed by atoms with Crippen molar-refractivity contribution in [2.45, 2.75) is 32.3 Å². The van der Waals surface area contributed by atoms with Crippen LogP contribution < -0.4 is 0 Å². The third-order valence-corrected chi connectivity index (χ3v) is 3.43. The molecule has 0 aliphatic rings. The SMILES string of the molecule is Cc1ncc(C(C)(C)C(O)C(=O)O)s1. The molecule has 0 amide bonds. The zero-order chi connectivity index (χ0) is 10.9. The Morgan fingerprint density at radius 1 is 1.64 bits per heavy atom. The Labute approximate surface area is 86.2 Å². The lowest BCUT2D eigenvalue weighted by Crippen LogP contribution is -2.39. The van der Waals surface area contributed by atoms with Crippen LogP contribution in [0.15, 0.2) is 6.20 Å². The predicted octanol–water partition coefficient (Wildman–Crippen LogP) is 1.17. The van der Waals surface area contributed by atoms with E-state index < -0.39 is 17.5 Å². The van der Waals surface area contributed by atoms with E-state index in [1.165, 1.54) is 11.3 Å². The number of carbonyl (C=O) groups is 1. The summed E-state index contributed by atoms with van der Waals surface area (Å²) in [5, 5.41) is 19.1. The minimum Gasteiger partial charge on any atom is -0.479 e. The van der Waals surface area contributed by atoms with Crippen LogP contribution >= 0.6 is 11.3 Å². The first-order valence-corrected chi connectivity index (χ1v) is 5.01. The molecule has 78 valence electrons. The van der Waals surface area contributed by atoms with Crippen molar-refractivity contribution in [1.29, 1.82) is 0 Å². The molecule has 14 heavy (non-hydrogen) atoms. The molecular formula is C9H13NO3S. The molecule has 1 atom stereocenters. The number of carboxylic acid groups (broad SMARTS) is 1. The fraction of sp³-hybridized carbons (Fsp3) is 0.556. The summed E-state index contributed by atoms with van der Waals surface area (Å²) in [5.41, 5.74) is -0.794. The number of aromatic nitrogens is 1. The Hall–Kier alpha value is -0.940. The number of aliphatic carboxylic acids is 1. The van der Waals surface area contributed by atoms with Crippen LogP contribution in [-0.2, 0) is 10.2 Å². The number of thiazole rings is 1. The first-order chi connectivity index (χ1) is 6.35. The number of carboxylic acids is 1. The predicted molar refractivity (Wildman–Crippen MR) is 53.5 cm³/mol. The molecular weight excluding hydrogens is 202 g/mol. The maximum atomic E-state index is 10.7. The number of aryl methyl sites for hydroxylation is 1. The summed E-state index contributed by atoms with van der Waals surface area (Å²) in [6.07, 6.45) is 0.217. The number of hydrogen-bond donors (Lipinski definition) is 2. The van der Waals surface area contributed by atoms with Crippen molar-refractivity contribution in [1.82, 2.24) is 4.98 Å². The van der Waals surface area contributed by atoms with Gasteiger partial charge in [-0.15, -0.1) is 11.3 Å². The van der Waals surface area contributed by atoms with Crippen LogP contribution in [-0.4, -0.2) is 27.3 Å². The van der Waals surface area contributed by atoms with Crippen molar-refractivity contribution in [3.8, 4) is 0 Å². The zero-order valence-corrected chi connectivity index (χ0v) is 9.13. The Balaban J connectivity index is 3.01. The molecule has 4 nitrogen and oxygen atoms in total. The first kappa shape index (κ1) is 11.1. The molecule has 0 saturated heterocycles. The second kappa shape index (κ2) is 3.67. The highest BCUT2D eigenvalue weighted by atomic mass is 32.1. The lowest BCUT2D eigenvalue weighted by molar-refractivity contribution is -0.150. The molecule has 0 fully saturated rings. The normalized spacial score (nSPS) is 14.0. The molecule has 5 heteroatoms. The monoisotopic (exact) mass is 215 g/mol. The van der Waals surface area contributed by atoms with Crippen molar-refractivity contribution < 1.29 is 15.0 Å². The molecule has 0 saturated carbocycles. The molecule has 0 aliphatic heterocycles. The van der Waals surface area contributed by atoms with Crippen LogP contribution in [0.4, 0.5) is 0 Å². The quantitative estimate of drug-likeness (QED) is 0.794. The highest BCUT2D eigenvalue weighted by Gasteiger charge is 2.36. The van der Waals surface area contributed by atoms with E-state index in [-0.39, 0.29) is 0 Å². The molecule has 1 rings (SSSR count). The maximum absolute atomic E-state index is 10.7. The summed E-state index contributed by atoms with van der Waals surface area (Å²) in [5.74, 6) is -1.21. The van der Waals surface area contributed by atoms with Gasteiger partial charge in [0.05, 0.1) is 5.01 Å². The molecule has 1 aromatic heterocycles. The van der Waals surface area contributed by atoms with E-state index in [0.717, 1.165) is 9.88 Å². The summed E-state index contributed by atoms with van der Waals surface area (Å²) in [6, 6.07) is 0. The summed E-state index contributed by atoms with van der Waals surface area (Å²) in [7, 11) is 0. The van der Waals surface area contributed by atoms with E-state index in [1.54, 1.807) is 20.0 Å². The minimum absolute atomic E-state index is 0.782. The van der Waals surface area contributed by atoms with Gasteiger partial charge in [0.2, 0.25) is 0 Å². The largest absolute Gasteiger partial charge is 0.479 e. The number of rotatable bonds is 3. The second-order valence-corrected chi connectivity index (χ2v) is 4.94. The Morgan fingerprint density at radius 2 is 2.21 bits per heavy atom. The van der Waals surface area contributed by atoms with Gasteiger partial charge in [-0.05, 0) is 6.92 Å². The maximum Gasteiger partial charge on any atom is 0.333 e. The van der Waals surface area contributed by atoms with Gasteiger partial charge in [0.25, 0.3) is 0 Å². The van der Waals surface area contributed by atoms with E-state index in [0.29, 0.717) is 0 Å². The van der Waals surface area contributed by atoms with Crippen molar-refractivity contribution in [2.24, 2.45) is 0 Å². The molecule has 0 aromatic carbocycles. The topological polar surface area (TPSA) is 70.4 Å². The molecule has 0 aliphatic carbocycles. The van der Waals surface area contributed by atoms with Crippen LogP contribution in [0.3, 0.4) is 0 Å². The Morgan fingerprint density at radius 3 is 2.57 bits per heavy atom. The van der Waals surface area contributed by atoms with Gasteiger partial charge >= 0.3 is 5.97 Å². The number of nitrogens with zero attached hydrogens (tertiary/aromatic N) is 1. The van der Waals surface area contributed by atoms with Crippen LogP contribution in [0.5, 0.6) is 0 Å². The lowest BCUT2D eigenvalue weighted by Gasteiger charge is -2.25. The van der Waals surface area contributed by atoms with E-state index in [9.17, 15) is 9.90 Å². The van der Waals surface area contributed by atoms with Gasteiger partial charge in [0.1, 0.15) is 0 Å². The fourth-order valence-electron chi connectivity index (χ4n) is 1.10. The highest BCUT2D eigenvalue weighted by Crippen LogP contribution is 2.31. The average molecular weight is 215 g/mol. The van der Waals surface area contributed by atoms with E-state index in [4.69, 9.17) is 5.11 Å². The Bertz CT molecular complexity index is 346. The van der Waals surface area contributed by atoms with Gasteiger partial charge in [-0.1, -0.05) is 13.8 Å². The number of hydrogen-bond acceptors (Lipinski definition) is 4. The third kappa shape index (κ3) is 1.93. The second-order valence-electron chi connectivity index (χ2n) is 3.71. The lowest BCUT2D eigenvalue weighted by atomic mass is 9.85. The minimum atomic E-state index is -1.40.